The Balaban J connectivity index is 2.03. The van der Waals surface area contributed by atoms with Crippen molar-refractivity contribution in [3.63, 3.8) is 0 Å². The van der Waals surface area contributed by atoms with Crippen molar-refractivity contribution in [2.24, 2.45) is 0 Å². The van der Waals surface area contributed by atoms with Gasteiger partial charge in [0.05, 0.1) is 19.2 Å². The average molecular weight is 484 g/mol. The number of hydrogen-bond acceptors (Lipinski definition) is 5. The van der Waals surface area contributed by atoms with Crippen molar-refractivity contribution in [1.82, 2.24) is 14.8 Å². The summed E-state index contributed by atoms with van der Waals surface area (Å²) >= 11 is 11.5. The summed E-state index contributed by atoms with van der Waals surface area (Å²) in [4.78, 5) is 11.6. The minimum absolute atomic E-state index is 0.102. The molecule has 4 rings (SSSR count). The molecule has 7 nitrogen and oxygen atoms in total. The molecular weight excluding hydrogens is 467 g/mol. The maximum absolute atomic E-state index is 14.2. The van der Waals surface area contributed by atoms with Crippen molar-refractivity contribution in [1.29, 1.82) is 0 Å². The fraction of sp³-hybridized carbons (Fsp3) is 0.286. The van der Waals surface area contributed by atoms with Crippen LogP contribution in [0.3, 0.4) is 0 Å². The Morgan fingerprint density at radius 1 is 1.28 bits per heavy atom. The highest BCUT2D eigenvalue weighted by atomic mass is 35.5. The Morgan fingerprint density at radius 2 is 2.03 bits per heavy atom. The van der Waals surface area contributed by atoms with Crippen LogP contribution in [0.1, 0.15) is 47.0 Å². The van der Waals surface area contributed by atoms with E-state index in [1.165, 1.54) is 19.2 Å². The van der Waals surface area contributed by atoms with E-state index in [0.717, 1.165) is 10.1 Å². The number of methoxy groups -OCH3 is 1. The summed E-state index contributed by atoms with van der Waals surface area (Å²) in [5, 5.41) is 13.3. The van der Waals surface area contributed by atoms with Gasteiger partial charge < -0.3 is 14.6 Å². The highest BCUT2D eigenvalue weighted by Gasteiger charge is 2.42. The molecule has 0 aliphatic carbocycles. The fourth-order valence-corrected chi connectivity index (χ4v) is 4.14. The van der Waals surface area contributed by atoms with Gasteiger partial charge in [0.1, 0.15) is 18.0 Å². The molecule has 0 bridgehead atoms. The standard InChI is InChI=1S/C21H17Cl2F2N3O4/c1-10-12(4-3-5-15(10)31-2)18-13-8-11(22)6-7-14(13)28-19(16(32-18)9-17(29)30)26-27-20(28)21(23,24)25/h3-8,16,18H,9H2,1-2H3,(H,29,30)/t16-,18-/m0/s1. The first-order chi connectivity index (χ1) is 15.1. The first-order valence-corrected chi connectivity index (χ1v) is 10.2. The van der Waals surface area contributed by atoms with Crippen LogP contribution in [0.4, 0.5) is 8.78 Å². The zero-order chi connectivity index (χ0) is 23.2. The summed E-state index contributed by atoms with van der Waals surface area (Å²) < 4.78 is 41.1. The van der Waals surface area contributed by atoms with Crippen LogP contribution in [0.2, 0.25) is 5.02 Å². The van der Waals surface area contributed by atoms with Gasteiger partial charge in [0.2, 0.25) is 5.82 Å². The molecule has 1 aromatic heterocycles. The van der Waals surface area contributed by atoms with Gasteiger partial charge in [-0.2, -0.15) is 8.78 Å². The number of nitrogens with zero attached hydrogens (tertiary/aromatic N) is 3. The molecule has 2 aromatic carbocycles. The van der Waals surface area contributed by atoms with Crippen molar-refractivity contribution >= 4 is 29.2 Å². The lowest BCUT2D eigenvalue weighted by atomic mass is 9.95. The predicted molar refractivity (Wildman–Crippen MR) is 112 cm³/mol. The van der Waals surface area contributed by atoms with E-state index >= 15 is 0 Å². The second kappa shape index (κ2) is 8.31. The van der Waals surface area contributed by atoms with Gasteiger partial charge in [0.15, 0.2) is 5.82 Å². The lowest BCUT2D eigenvalue weighted by Gasteiger charge is -2.24. The Kier molecular flexibility index (Phi) is 5.83. The lowest BCUT2D eigenvalue weighted by molar-refractivity contribution is -0.141. The van der Waals surface area contributed by atoms with Gasteiger partial charge in [-0.3, -0.25) is 9.36 Å². The maximum atomic E-state index is 14.2. The van der Waals surface area contributed by atoms with Gasteiger partial charge in [-0.05, 0) is 53.9 Å². The van der Waals surface area contributed by atoms with E-state index in [9.17, 15) is 18.7 Å². The molecule has 0 spiro atoms. The van der Waals surface area contributed by atoms with E-state index in [1.807, 2.05) is 6.92 Å². The Morgan fingerprint density at radius 3 is 2.69 bits per heavy atom. The number of halogens is 4. The Bertz CT molecular complexity index is 1200. The van der Waals surface area contributed by atoms with Crippen LogP contribution < -0.4 is 4.74 Å². The monoisotopic (exact) mass is 483 g/mol. The van der Waals surface area contributed by atoms with Gasteiger partial charge >= 0.3 is 11.4 Å². The molecule has 0 amide bonds. The van der Waals surface area contributed by atoms with Crippen molar-refractivity contribution in [3.05, 3.63) is 69.8 Å². The highest BCUT2D eigenvalue weighted by molar-refractivity contribution is 6.30. The second-order valence-electron chi connectivity index (χ2n) is 7.20. The van der Waals surface area contributed by atoms with E-state index in [1.54, 1.807) is 24.3 Å². The minimum Gasteiger partial charge on any atom is -0.496 e. The molecule has 2 atom stereocenters. The molecule has 0 fully saturated rings. The molecule has 1 N–H and O–H groups in total. The van der Waals surface area contributed by atoms with Crippen molar-refractivity contribution in [3.8, 4) is 11.4 Å². The molecular formula is C21H17Cl2F2N3O4. The maximum Gasteiger partial charge on any atom is 0.382 e. The van der Waals surface area contributed by atoms with Crippen LogP contribution in [0.25, 0.3) is 5.69 Å². The number of rotatable bonds is 5. The first-order valence-electron chi connectivity index (χ1n) is 9.45. The van der Waals surface area contributed by atoms with E-state index in [2.05, 4.69) is 10.2 Å². The zero-order valence-electron chi connectivity index (χ0n) is 16.9. The number of alkyl halides is 3. The average Bonchev–Trinajstić information content (AvgIpc) is 3.12. The van der Waals surface area contributed by atoms with Gasteiger partial charge in [0, 0.05) is 10.6 Å². The second-order valence-corrected chi connectivity index (χ2v) is 8.11. The molecule has 32 heavy (non-hydrogen) atoms. The summed E-state index contributed by atoms with van der Waals surface area (Å²) in [5.41, 5.74) is 2.07. The largest absolute Gasteiger partial charge is 0.496 e. The van der Waals surface area contributed by atoms with Crippen LogP contribution >= 0.6 is 23.2 Å². The summed E-state index contributed by atoms with van der Waals surface area (Å²) in [6, 6.07) is 9.92. The molecule has 168 valence electrons. The van der Waals surface area contributed by atoms with Gasteiger partial charge in [-0.25, -0.2) is 0 Å². The summed E-state index contributed by atoms with van der Waals surface area (Å²) in [5.74, 6) is -1.57. The molecule has 2 heterocycles. The van der Waals surface area contributed by atoms with E-state index in [0.29, 0.717) is 21.9 Å². The Hall–Kier alpha value is -2.75. The summed E-state index contributed by atoms with van der Waals surface area (Å²) in [6.45, 7) is 1.82. The lowest BCUT2D eigenvalue weighted by Crippen LogP contribution is -2.17. The number of aromatic nitrogens is 3. The smallest absolute Gasteiger partial charge is 0.382 e. The highest BCUT2D eigenvalue weighted by Crippen LogP contribution is 2.45. The molecule has 0 unspecified atom stereocenters. The summed E-state index contributed by atoms with van der Waals surface area (Å²) in [6.07, 6.45) is -2.59. The van der Waals surface area contributed by atoms with Crippen molar-refractivity contribution < 1.29 is 28.2 Å². The molecule has 1 aliphatic heterocycles. The number of ether oxygens (including phenoxy) is 2. The fourth-order valence-electron chi connectivity index (χ4n) is 3.84. The van der Waals surface area contributed by atoms with Gasteiger partial charge in [0.25, 0.3) is 0 Å². The number of aliphatic carboxylic acids is 1. The third-order valence-corrected chi connectivity index (χ3v) is 5.64. The van der Waals surface area contributed by atoms with Crippen LogP contribution in [0.15, 0.2) is 36.4 Å². The molecule has 0 radical (unpaired) electrons. The molecule has 11 heteroatoms. The Labute approximate surface area is 191 Å². The quantitative estimate of drug-likeness (QED) is 0.504. The number of hydrogen-bond donors (Lipinski definition) is 1. The molecule has 0 saturated carbocycles. The number of carboxylic acids is 1. The SMILES string of the molecule is COc1cccc([C@@H]2O[C@@H](CC(=O)O)c3nnc(C(F)(F)Cl)n3-c3ccc(Cl)cc32)c1C. The van der Waals surface area contributed by atoms with E-state index < -0.39 is 35.8 Å². The van der Waals surface area contributed by atoms with Crippen LogP contribution in [-0.2, 0) is 14.9 Å². The summed E-state index contributed by atoms with van der Waals surface area (Å²) in [7, 11) is 1.52. The van der Waals surface area contributed by atoms with Crippen LogP contribution in [-0.4, -0.2) is 33.0 Å². The molecule has 1 aliphatic rings. The van der Waals surface area contributed by atoms with E-state index in [-0.39, 0.29) is 11.5 Å². The van der Waals surface area contributed by atoms with E-state index in [4.69, 9.17) is 32.7 Å². The van der Waals surface area contributed by atoms with Crippen molar-refractivity contribution in [2.75, 3.05) is 7.11 Å². The van der Waals surface area contributed by atoms with Gasteiger partial charge in [-0.15, -0.1) is 10.2 Å². The number of fused-ring (bicyclic) bond motifs is 3. The zero-order valence-corrected chi connectivity index (χ0v) is 18.4. The number of carbonyl (C=O) groups is 1. The minimum atomic E-state index is -3.86. The topological polar surface area (TPSA) is 86.5 Å². The first kappa shape index (κ1) is 22.4. The van der Waals surface area contributed by atoms with Crippen LogP contribution in [0, 0.1) is 6.92 Å². The normalized spacial score (nSPS) is 17.9. The number of carboxylic acid groups (broad SMARTS) is 1. The van der Waals surface area contributed by atoms with Gasteiger partial charge in [-0.1, -0.05) is 23.7 Å². The molecule has 0 saturated heterocycles. The third-order valence-electron chi connectivity index (χ3n) is 5.23. The predicted octanol–water partition coefficient (Wildman–Crippen LogP) is 5.16. The number of benzene rings is 2. The van der Waals surface area contributed by atoms with Crippen LogP contribution in [0.5, 0.6) is 5.75 Å². The third kappa shape index (κ3) is 3.92. The van der Waals surface area contributed by atoms with Crippen molar-refractivity contribution in [2.45, 2.75) is 30.9 Å². The molecule has 3 aromatic rings.